The Bertz CT molecular complexity index is 4010. The van der Waals surface area contributed by atoms with Crippen molar-refractivity contribution in [3.63, 3.8) is 0 Å². The van der Waals surface area contributed by atoms with Crippen molar-refractivity contribution in [1.82, 2.24) is 46.2 Å². The van der Waals surface area contributed by atoms with E-state index in [0.29, 0.717) is 171 Å². The summed E-state index contributed by atoms with van der Waals surface area (Å²) in [6, 6.07) is 20.2. The van der Waals surface area contributed by atoms with E-state index >= 15 is 0 Å². The number of hydrogen-bond acceptors (Lipinski definition) is 18. The van der Waals surface area contributed by atoms with Crippen LogP contribution in [0.4, 0.5) is 27.2 Å². The molecule has 0 spiro atoms. The first-order valence-electron chi connectivity index (χ1n) is 37.6. The van der Waals surface area contributed by atoms with Gasteiger partial charge in [-0.1, -0.05) is 41.5 Å². The Hall–Kier alpha value is -10.4. The van der Waals surface area contributed by atoms with Crippen LogP contribution in [-0.2, 0) is 54.3 Å². The molecule has 0 unspecified atom stereocenters. The molecule has 4 aliphatic rings. The Kier molecular flexibility index (Phi) is 42.5. The molecule has 116 heavy (non-hydrogen) atoms. The Balaban J connectivity index is 0.000000400. The predicted molar refractivity (Wildman–Crippen MR) is 435 cm³/mol. The minimum Gasteiger partial charge on any atom is -0.489 e. The first-order valence-corrected chi connectivity index (χ1v) is 37.6. The molecule has 640 valence electrons. The zero-order chi connectivity index (χ0) is 84.4. The van der Waals surface area contributed by atoms with Crippen LogP contribution in [0.5, 0.6) is 23.0 Å². The van der Waals surface area contributed by atoms with Gasteiger partial charge >= 0.3 is 18.2 Å². The summed E-state index contributed by atoms with van der Waals surface area (Å²) in [7, 11) is 0. The lowest BCUT2D eigenvalue weighted by molar-refractivity contribution is -0.137. The van der Waals surface area contributed by atoms with E-state index in [9.17, 15) is 65.5 Å². The second-order valence-electron chi connectivity index (χ2n) is 30.5. The lowest BCUT2D eigenvalue weighted by atomic mass is 9.98. The summed E-state index contributed by atoms with van der Waals surface area (Å²) in [5.41, 5.74) is 16.0. The first kappa shape index (κ1) is 99.8. The van der Waals surface area contributed by atoms with Crippen molar-refractivity contribution in [3.05, 3.63) is 165 Å². The number of nitrogens with two attached hydrogens (primary N) is 2. The van der Waals surface area contributed by atoms with Crippen molar-refractivity contribution in [3.8, 4) is 23.0 Å². The number of carbonyl (C=O) groups is 10. The van der Waals surface area contributed by atoms with Crippen LogP contribution >= 0.6 is 24.8 Å². The van der Waals surface area contributed by atoms with Gasteiger partial charge in [0.05, 0.1) is 45.0 Å². The smallest absolute Gasteiger partial charge is 0.407 e. The fourth-order valence-electron chi connectivity index (χ4n) is 11.0. The van der Waals surface area contributed by atoms with Crippen LogP contribution in [0.3, 0.4) is 0 Å². The molecule has 0 bridgehead atoms. The van der Waals surface area contributed by atoms with Crippen LogP contribution in [0, 0.1) is 17.8 Å². The number of ether oxygens (including phenoxy) is 6. The van der Waals surface area contributed by atoms with Crippen LogP contribution in [0.25, 0.3) is 0 Å². The van der Waals surface area contributed by atoms with Crippen LogP contribution in [-0.4, -0.2) is 220 Å². The molecule has 0 saturated heterocycles. The quantitative estimate of drug-likeness (QED) is 0.0211. The maximum atomic E-state index is 13.2. The number of fused-ring (bicyclic) bond motifs is 4. The van der Waals surface area contributed by atoms with Crippen LogP contribution in [0.2, 0.25) is 0 Å². The van der Waals surface area contributed by atoms with Crippen LogP contribution < -0.4 is 57.0 Å². The summed E-state index contributed by atoms with van der Waals surface area (Å²) in [4.78, 5) is 126. The summed E-state index contributed by atoms with van der Waals surface area (Å²) < 4.78 is 83.8. The number of alkyl carbamates (subject to hydrolysis) is 2. The molecule has 0 fully saturated rings. The molecule has 0 aliphatic carbocycles. The summed E-state index contributed by atoms with van der Waals surface area (Å²) >= 11 is 0. The normalized spacial score (nSPS) is 14.0. The maximum absolute atomic E-state index is 13.2. The van der Waals surface area contributed by atoms with Gasteiger partial charge in [0.15, 0.2) is 0 Å². The molecule has 4 heterocycles. The number of halogens is 6. The Morgan fingerprint density at radius 2 is 0.655 bits per heavy atom. The van der Waals surface area contributed by atoms with Gasteiger partial charge in [0, 0.05) is 117 Å². The lowest BCUT2D eigenvalue weighted by Gasteiger charge is -2.28. The molecule has 28 nitrogen and oxygen atoms in total. The molecule has 9 amide bonds. The number of amides is 9. The van der Waals surface area contributed by atoms with E-state index in [1.54, 1.807) is 124 Å². The molecule has 0 saturated carbocycles. The molecule has 0 atom stereocenters. The third-order valence-electron chi connectivity index (χ3n) is 17.0. The van der Waals surface area contributed by atoms with Gasteiger partial charge in [0.2, 0.25) is 17.7 Å². The Morgan fingerprint density at radius 3 is 0.871 bits per heavy atom. The summed E-state index contributed by atoms with van der Waals surface area (Å²) in [6.07, 6.45) is 2.71. The Morgan fingerprint density at radius 1 is 0.414 bits per heavy atom. The van der Waals surface area contributed by atoms with E-state index in [4.69, 9.17) is 45.0 Å². The zero-order valence-electron chi connectivity index (χ0n) is 68.0. The molecule has 8 rings (SSSR count). The number of hydrogen-bond donors (Lipinski definition) is 8. The molecule has 4 aliphatic heterocycles. The van der Waals surface area contributed by atoms with E-state index in [-0.39, 0.29) is 156 Å². The minimum atomic E-state index is -1.06. The zero-order valence-corrected chi connectivity index (χ0v) is 69.6. The molecule has 0 aromatic heterocycles. The van der Waals surface area contributed by atoms with Crippen molar-refractivity contribution < 1.29 is 99.0 Å². The third kappa shape index (κ3) is 34.9. The fraction of sp³-hybridized carbons (Fsp3) is 0.488. The van der Waals surface area contributed by atoms with E-state index in [2.05, 4.69) is 26.6 Å². The summed E-state index contributed by atoms with van der Waals surface area (Å²) in [5, 5.41) is 22.3. The molecular formula is C82H113Cl2F4N11O17. The van der Waals surface area contributed by atoms with Gasteiger partial charge in [-0.15, -0.1) is 24.8 Å². The van der Waals surface area contributed by atoms with Gasteiger partial charge in [0.25, 0.3) is 23.6 Å². The minimum absolute atomic E-state index is 0. The second-order valence-corrected chi connectivity index (χ2v) is 30.5. The number of carboxylic acid groups (broad SMARTS) is 1. The van der Waals surface area contributed by atoms with Crippen molar-refractivity contribution >= 4 is 84.3 Å². The largest absolute Gasteiger partial charge is 0.489 e. The van der Waals surface area contributed by atoms with Gasteiger partial charge < -0.3 is 91.2 Å². The number of nitrogens with zero attached hydrogens (tertiary/aromatic N) is 4. The SMILES string of the molecule is CC(C)(C)OC(=O)NC/C(=C\F)COc1ccc2c(c1)CCN(CC(=O)O)C2=O.CC(C)CNC(=O)CN1CCc2cc(OC/C(=C/F)CN)ccc2C1=O.CC(C)CNC(=O)CN1CCc2cc(OC/C(=C/F)CN)ccc2C1=O.CC(C)CNC(=O)CN1CCc2cc(OC/C(=C/F)CNC(=O)OC(C)(C)C)ccc2C1=O.Cl.Cl. The number of aliphatic carboxylic acids is 1. The molecule has 4 aromatic rings. The van der Waals surface area contributed by atoms with Gasteiger partial charge in [-0.05, 0) is 180 Å². The van der Waals surface area contributed by atoms with E-state index in [1.165, 1.54) is 9.80 Å². The van der Waals surface area contributed by atoms with Crippen LogP contribution in [0.1, 0.15) is 147 Å². The predicted octanol–water partition coefficient (Wildman–Crippen LogP) is 9.88. The van der Waals surface area contributed by atoms with Crippen molar-refractivity contribution in [2.24, 2.45) is 29.2 Å². The Labute approximate surface area is 688 Å². The standard InChI is InChI=1S/C24H34FN3O5.C20H25FN2O6.2C19H26FN3O3.2ClH/c1-16(2)12-26-21(29)14-28-9-8-18-10-19(6-7-20(18)22(28)30)32-15-17(11-25)13-27-23(31)33-24(3,4)5;1-20(2,3)29-19(27)22-10-13(9-21)12-28-15-4-5-16-14(8-15)6-7-23(18(16)26)11-17(24)25;2*1-13(2)10-22-18(24)11-23-6-5-15-7-16(3-4-17(15)19(23)25)26-12-14(8-20)9-21;;/h6-7,10-11,16H,8-9,12-15H2,1-5H3,(H,26,29)(H,27,31);4-5,8-9H,6-7,10-12H2,1-3H3,(H,22,27)(H,24,25);2*3-4,7-8,13H,5-6,9-12,21H2,1-2H3,(H,22,24);2*1H/b17-11+;13-9+;2*14-8+;;. The van der Waals surface area contributed by atoms with E-state index in [0.717, 1.165) is 22.3 Å². The summed E-state index contributed by atoms with van der Waals surface area (Å²) in [5.74, 6) is 0.715. The molecule has 0 radical (unpaired) electrons. The van der Waals surface area contributed by atoms with Crippen molar-refractivity contribution in [2.45, 2.75) is 120 Å². The number of rotatable bonds is 32. The third-order valence-corrected chi connectivity index (χ3v) is 17.0. The maximum Gasteiger partial charge on any atom is 0.407 e. The van der Waals surface area contributed by atoms with E-state index < -0.39 is 29.4 Å². The first-order chi connectivity index (χ1) is 53.9. The van der Waals surface area contributed by atoms with Gasteiger partial charge in [-0.3, -0.25) is 38.4 Å². The van der Waals surface area contributed by atoms with Crippen LogP contribution in [0.15, 0.2) is 120 Å². The average Bonchev–Trinajstić information content (AvgIpc) is 0.821. The van der Waals surface area contributed by atoms with Gasteiger partial charge in [-0.25, -0.2) is 27.2 Å². The lowest BCUT2D eigenvalue weighted by Crippen LogP contribution is -2.44. The number of carboxylic acids is 1. The van der Waals surface area contributed by atoms with Crippen molar-refractivity contribution in [2.75, 3.05) is 125 Å². The topological polar surface area (TPSA) is 371 Å². The molecular weight excluding hydrogens is 1560 g/mol. The molecule has 4 aromatic carbocycles. The van der Waals surface area contributed by atoms with Gasteiger partial charge in [-0.2, -0.15) is 0 Å². The number of benzene rings is 4. The number of carbonyl (C=O) groups excluding carboxylic acids is 9. The highest BCUT2D eigenvalue weighted by Gasteiger charge is 2.31. The second kappa shape index (κ2) is 49.5. The van der Waals surface area contributed by atoms with Crippen molar-refractivity contribution in [1.29, 1.82) is 0 Å². The average molecular weight is 1670 g/mol. The van der Waals surface area contributed by atoms with Gasteiger partial charge in [0.1, 0.15) is 67.2 Å². The monoisotopic (exact) mass is 1670 g/mol. The number of nitrogens with one attached hydrogen (secondary N) is 5. The highest BCUT2D eigenvalue weighted by atomic mass is 35.5. The van der Waals surface area contributed by atoms with E-state index in [1.807, 2.05) is 41.5 Å². The highest BCUT2D eigenvalue weighted by molar-refractivity contribution is 6.01. The molecule has 34 heteroatoms. The fourth-order valence-corrected chi connectivity index (χ4v) is 11.0. The summed E-state index contributed by atoms with van der Waals surface area (Å²) in [6.45, 7) is 25.8. The highest BCUT2D eigenvalue weighted by Crippen LogP contribution is 2.29. The molecule has 10 N–H and O–H groups in total.